The largest absolute Gasteiger partial charge is 0.454 e. The Morgan fingerprint density at radius 1 is 1.24 bits per heavy atom. The zero-order valence-electron chi connectivity index (χ0n) is 12.7. The predicted octanol–water partition coefficient (Wildman–Crippen LogP) is 4.69. The summed E-state index contributed by atoms with van der Waals surface area (Å²) in [5.41, 5.74) is 2.12. The number of halogens is 1. The average Bonchev–Trinajstić information content (AvgIpc) is 2.43. The molecule has 112 valence electrons. The first-order valence-electron chi connectivity index (χ1n) is 7.15. The number of aromatic nitrogens is 1. The third-order valence-electron chi connectivity index (χ3n) is 3.06. The first kappa shape index (κ1) is 16.0. The molecule has 3 nitrogen and oxygen atoms in total. The van der Waals surface area contributed by atoms with E-state index in [-0.39, 0.29) is 0 Å². The van der Waals surface area contributed by atoms with Gasteiger partial charge in [0.2, 0.25) is 0 Å². The van der Waals surface area contributed by atoms with E-state index in [1.807, 2.05) is 25.1 Å². The zero-order valence-corrected chi connectivity index (χ0v) is 14.3. The lowest BCUT2D eigenvalue weighted by molar-refractivity contribution is 0.472. The van der Waals surface area contributed by atoms with Crippen molar-refractivity contribution in [1.29, 1.82) is 0 Å². The molecule has 0 spiro atoms. The molecule has 1 heterocycles. The van der Waals surface area contributed by atoms with Gasteiger partial charge in [-0.2, -0.15) is 0 Å². The van der Waals surface area contributed by atoms with E-state index in [2.05, 4.69) is 52.2 Å². The fourth-order valence-corrected chi connectivity index (χ4v) is 2.45. The van der Waals surface area contributed by atoms with Crippen LogP contribution in [0.3, 0.4) is 0 Å². The normalized spacial score (nSPS) is 10.9. The summed E-state index contributed by atoms with van der Waals surface area (Å²) in [4.78, 5) is 4.23. The van der Waals surface area contributed by atoms with Crippen LogP contribution >= 0.6 is 15.9 Å². The molecule has 0 bridgehead atoms. The monoisotopic (exact) mass is 348 g/mol. The van der Waals surface area contributed by atoms with Crippen molar-refractivity contribution in [3.05, 3.63) is 52.3 Å². The van der Waals surface area contributed by atoms with Crippen molar-refractivity contribution in [3.8, 4) is 11.5 Å². The summed E-state index contributed by atoms with van der Waals surface area (Å²) in [6.45, 7) is 8.23. The van der Waals surface area contributed by atoms with Crippen LogP contribution < -0.4 is 10.1 Å². The van der Waals surface area contributed by atoms with Crippen LogP contribution in [0.2, 0.25) is 0 Å². The van der Waals surface area contributed by atoms with E-state index >= 15 is 0 Å². The highest BCUT2D eigenvalue weighted by molar-refractivity contribution is 9.10. The number of nitrogens with zero attached hydrogens (tertiary/aromatic N) is 1. The van der Waals surface area contributed by atoms with E-state index < -0.39 is 0 Å². The molecule has 0 amide bonds. The molecule has 0 aliphatic heterocycles. The summed E-state index contributed by atoms with van der Waals surface area (Å²) in [6, 6.07) is 9.96. The highest BCUT2D eigenvalue weighted by Crippen LogP contribution is 2.31. The van der Waals surface area contributed by atoms with E-state index in [9.17, 15) is 0 Å². The van der Waals surface area contributed by atoms with Gasteiger partial charge in [0.05, 0.1) is 10.2 Å². The van der Waals surface area contributed by atoms with Gasteiger partial charge in [0.1, 0.15) is 11.5 Å². The molecule has 4 heteroatoms. The Bertz CT molecular complexity index is 599. The van der Waals surface area contributed by atoms with Gasteiger partial charge in [-0.05, 0) is 65.1 Å². The van der Waals surface area contributed by atoms with E-state index in [0.29, 0.717) is 5.92 Å². The Kier molecular flexibility index (Phi) is 5.76. The summed E-state index contributed by atoms with van der Waals surface area (Å²) in [6.07, 6.45) is 1.76. The number of aryl methyl sites for hydroxylation is 1. The van der Waals surface area contributed by atoms with Crippen LogP contribution in [-0.4, -0.2) is 11.5 Å². The zero-order chi connectivity index (χ0) is 15.2. The quantitative estimate of drug-likeness (QED) is 0.822. The van der Waals surface area contributed by atoms with Gasteiger partial charge in [0.25, 0.3) is 0 Å². The standard InChI is InChI=1S/C17H21BrN2O/c1-12(2)10-19-11-14-6-7-17(15(18)9-14)21-16-5-4-8-20-13(16)3/h4-9,12,19H,10-11H2,1-3H3. The van der Waals surface area contributed by atoms with E-state index in [4.69, 9.17) is 4.74 Å². The molecule has 0 fully saturated rings. The highest BCUT2D eigenvalue weighted by Gasteiger charge is 2.06. The third kappa shape index (κ3) is 4.83. The van der Waals surface area contributed by atoms with Gasteiger partial charge in [-0.3, -0.25) is 4.98 Å². The summed E-state index contributed by atoms with van der Waals surface area (Å²) in [5, 5.41) is 3.43. The van der Waals surface area contributed by atoms with Crippen molar-refractivity contribution in [1.82, 2.24) is 10.3 Å². The molecule has 2 aromatic rings. The molecule has 0 unspecified atom stereocenters. The van der Waals surface area contributed by atoms with E-state index in [0.717, 1.165) is 34.8 Å². The van der Waals surface area contributed by atoms with Gasteiger partial charge in [-0.25, -0.2) is 0 Å². The molecule has 1 aromatic carbocycles. The summed E-state index contributed by atoms with van der Waals surface area (Å²) < 4.78 is 6.86. The maximum Gasteiger partial charge on any atom is 0.148 e. The number of benzene rings is 1. The molecule has 0 radical (unpaired) electrons. The second-order valence-corrected chi connectivity index (χ2v) is 6.33. The van der Waals surface area contributed by atoms with E-state index in [1.165, 1.54) is 5.56 Å². The Morgan fingerprint density at radius 3 is 2.71 bits per heavy atom. The fraction of sp³-hybridized carbons (Fsp3) is 0.353. The summed E-state index contributed by atoms with van der Waals surface area (Å²) in [5.74, 6) is 2.24. The highest BCUT2D eigenvalue weighted by atomic mass is 79.9. The van der Waals surface area contributed by atoms with Gasteiger partial charge in [0, 0.05) is 12.7 Å². The fourth-order valence-electron chi connectivity index (χ4n) is 1.94. The maximum atomic E-state index is 5.91. The molecule has 0 saturated heterocycles. The van der Waals surface area contributed by atoms with Crippen molar-refractivity contribution in [3.63, 3.8) is 0 Å². The average molecular weight is 349 g/mol. The lowest BCUT2D eigenvalue weighted by atomic mass is 10.2. The van der Waals surface area contributed by atoms with E-state index in [1.54, 1.807) is 6.20 Å². The second-order valence-electron chi connectivity index (χ2n) is 5.48. The van der Waals surface area contributed by atoms with Crippen LogP contribution in [0.15, 0.2) is 41.0 Å². The van der Waals surface area contributed by atoms with Crippen molar-refractivity contribution in [2.45, 2.75) is 27.3 Å². The number of hydrogen-bond acceptors (Lipinski definition) is 3. The molecule has 2 rings (SSSR count). The number of nitrogens with one attached hydrogen (secondary N) is 1. The van der Waals surface area contributed by atoms with Crippen molar-refractivity contribution >= 4 is 15.9 Å². The summed E-state index contributed by atoms with van der Waals surface area (Å²) in [7, 11) is 0. The smallest absolute Gasteiger partial charge is 0.148 e. The molecule has 0 saturated carbocycles. The Morgan fingerprint density at radius 2 is 2.05 bits per heavy atom. The van der Waals surface area contributed by atoms with Gasteiger partial charge < -0.3 is 10.1 Å². The minimum Gasteiger partial charge on any atom is -0.454 e. The first-order chi connectivity index (χ1) is 10.1. The second kappa shape index (κ2) is 7.57. The van der Waals surface area contributed by atoms with Gasteiger partial charge in [0.15, 0.2) is 0 Å². The molecule has 0 atom stereocenters. The third-order valence-corrected chi connectivity index (χ3v) is 3.68. The summed E-state index contributed by atoms with van der Waals surface area (Å²) >= 11 is 3.58. The Labute approximate surface area is 134 Å². The van der Waals surface area contributed by atoms with Gasteiger partial charge in [-0.15, -0.1) is 0 Å². The minimum absolute atomic E-state index is 0.657. The SMILES string of the molecule is Cc1ncccc1Oc1ccc(CNCC(C)C)cc1Br. The van der Waals surface area contributed by atoms with Crippen LogP contribution in [-0.2, 0) is 6.54 Å². The maximum absolute atomic E-state index is 5.91. The number of ether oxygens (including phenoxy) is 1. The Hall–Kier alpha value is -1.39. The lowest BCUT2D eigenvalue weighted by Crippen LogP contribution is -2.18. The molecular weight excluding hydrogens is 328 g/mol. The number of hydrogen-bond donors (Lipinski definition) is 1. The molecule has 0 aliphatic rings. The molecule has 0 aliphatic carbocycles. The van der Waals surface area contributed by atoms with Crippen LogP contribution in [0.1, 0.15) is 25.1 Å². The Balaban J connectivity index is 2.04. The molecule has 1 aromatic heterocycles. The van der Waals surface area contributed by atoms with Gasteiger partial charge in [-0.1, -0.05) is 19.9 Å². The number of rotatable bonds is 6. The van der Waals surface area contributed by atoms with Crippen molar-refractivity contribution in [2.75, 3.05) is 6.54 Å². The molecule has 21 heavy (non-hydrogen) atoms. The van der Waals surface area contributed by atoms with Crippen molar-refractivity contribution in [2.24, 2.45) is 5.92 Å². The van der Waals surface area contributed by atoms with Crippen LogP contribution in [0.5, 0.6) is 11.5 Å². The van der Waals surface area contributed by atoms with Crippen LogP contribution in [0.25, 0.3) is 0 Å². The molecular formula is C17H21BrN2O. The lowest BCUT2D eigenvalue weighted by Gasteiger charge is -2.12. The van der Waals surface area contributed by atoms with Crippen molar-refractivity contribution < 1.29 is 4.74 Å². The molecule has 1 N–H and O–H groups in total. The minimum atomic E-state index is 0.657. The van der Waals surface area contributed by atoms with Crippen LogP contribution in [0, 0.1) is 12.8 Å². The van der Waals surface area contributed by atoms with Crippen LogP contribution in [0.4, 0.5) is 0 Å². The predicted molar refractivity (Wildman–Crippen MR) is 89.7 cm³/mol. The topological polar surface area (TPSA) is 34.1 Å². The van der Waals surface area contributed by atoms with Gasteiger partial charge >= 0.3 is 0 Å². The first-order valence-corrected chi connectivity index (χ1v) is 7.94. The number of pyridine rings is 1.